The van der Waals surface area contributed by atoms with Crippen molar-refractivity contribution in [3.63, 3.8) is 0 Å². The van der Waals surface area contributed by atoms with Gasteiger partial charge in [-0.05, 0) is 42.7 Å². The molecule has 1 aliphatic rings. The molecule has 8 nitrogen and oxygen atoms in total. The molecule has 1 aliphatic heterocycles. The number of piperazine rings is 1. The second kappa shape index (κ2) is 9.59. The number of anilines is 1. The molecule has 0 unspecified atom stereocenters. The van der Waals surface area contributed by atoms with Gasteiger partial charge >= 0.3 is 5.97 Å². The van der Waals surface area contributed by atoms with Crippen LogP contribution in [0.3, 0.4) is 0 Å². The quantitative estimate of drug-likeness (QED) is 0.396. The molecule has 2 aromatic rings. The van der Waals surface area contributed by atoms with Crippen LogP contribution in [0, 0.1) is 10.1 Å². The molecule has 0 N–H and O–H groups in total. The maximum Gasteiger partial charge on any atom is 0.338 e. The predicted molar refractivity (Wildman–Crippen MR) is 118 cm³/mol. The minimum absolute atomic E-state index is 0.0397. The minimum atomic E-state index is -0.587. The average molecular weight is 425 g/mol. The largest absolute Gasteiger partial charge is 0.462 e. The zero-order valence-corrected chi connectivity index (χ0v) is 18.0. The molecule has 0 radical (unpaired) electrons. The summed E-state index contributed by atoms with van der Waals surface area (Å²) in [4.78, 5) is 39.5. The maximum atomic E-state index is 12.8. The number of nitrogens with zero attached hydrogens (tertiary/aromatic N) is 3. The molecule has 0 aliphatic carbocycles. The summed E-state index contributed by atoms with van der Waals surface area (Å²) in [5.41, 5.74) is 2.26. The molecule has 1 fully saturated rings. The van der Waals surface area contributed by atoms with Crippen LogP contribution in [0.5, 0.6) is 0 Å². The van der Waals surface area contributed by atoms with Gasteiger partial charge in [0.2, 0.25) is 0 Å². The number of hydrogen-bond acceptors (Lipinski definition) is 6. The van der Waals surface area contributed by atoms with Crippen molar-refractivity contribution in [2.45, 2.75) is 26.7 Å². The van der Waals surface area contributed by atoms with Crippen LogP contribution in [-0.2, 0) is 4.74 Å². The number of hydrogen-bond donors (Lipinski definition) is 0. The van der Waals surface area contributed by atoms with E-state index < -0.39 is 10.9 Å². The van der Waals surface area contributed by atoms with Crippen LogP contribution in [0.2, 0.25) is 0 Å². The highest BCUT2D eigenvalue weighted by atomic mass is 16.6. The van der Waals surface area contributed by atoms with Crippen LogP contribution in [-0.4, -0.2) is 54.5 Å². The monoisotopic (exact) mass is 425 g/mol. The Hall–Kier alpha value is -3.42. The lowest BCUT2D eigenvalue weighted by atomic mass is 10.0. The number of nitro benzene ring substituents is 1. The standard InChI is InChI=1S/C23H27N3O5/c1-4-31-23(28)19-9-10-20(21(15-19)26(29)30)24-11-13-25(14-12-24)22(27)18-7-5-17(6-8-18)16(2)3/h5-10,15-16H,4,11-14H2,1-3H3. The summed E-state index contributed by atoms with van der Waals surface area (Å²) in [5.74, 6) is -0.225. The van der Waals surface area contributed by atoms with Crippen molar-refractivity contribution in [3.8, 4) is 0 Å². The molecule has 0 saturated carbocycles. The maximum absolute atomic E-state index is 12.8. The lowest BCUT2D eigenvalue weighted by molar-refractivity contribution is -0.384. The first-order chi connectivity index (χ1) is 14.8. The second-order valence-electron chi connectivity index (χ2n) is 7.74. The van der Waals surface area contributed by atoms with Crippen molar-refractivity contribution in [1.29, 1.82) is 0 Å². The van der Waals surface area contributed by atoms with Gasteiger partial charge in [-0.15, -0.1) is 0 Å². The fourth-order valence-corrected chi connectivity index (χ4v) is 3.62. The number of ether oxygens (including phenoxy) is 1. The van der Waals surface area contributed by atoms with E-state index >= 15 is 0 Å². The summed E-state index contributed by atoms with van der Waals surface area (Å²) in [6.07, 6.45) is 0. The van der Waals surface area contributed by atoms with Crippen molar-refractivity contribution in [2.75, 3.05) is 37.7 Å². The SMILES string of the molecule is CCOC(=O)c1ccc(N2CCN(C(=O)c3ccc(C(C)C)cc3)CC2)c([N+](=O)[O-])c1. The van der Waals surface area contributed by atoms with Crippen LogP contribution in [0.25, 0.3) is 0 Å². The second-order valence-corrected chi connectivity index (χ2v) is 7.74. The summed E-state index contributed by atoms with van der Waals surface area (Å²) in [6.45, 7) is 7.95. The first-order valence-corrected chi connectivity index (χ1v) is 10.4. The number of esters is 1. The fourth-order valence-electron chi connectivity index (χ4n) is 3.62. The molecule has 0 spiro atoms. The molecule has 0 aromatic heterocycles. The molecule has 2 aromatic carbocycles. The van der Waals surface area contributed by atoms with E-state index in [-0.39, 0.29) is 23.8 Å². The third-order valence-corrected chi connectivity index (χ3v) is 5.42. The Bertz CT molecular complexity index is 964. The molecule has 1 saturated heterocycles. The molecule has 31 heavy (non-hydrogen) atoms. The smallest absolute Gasteiger partial charge is 0.338 e. The van der Waals surface area contributed by atoms with Crippen LogP contribution < -0.4 is 4.90 Å². The summed E-state index contributed by atoms with van der Waals surface area (Å²) in [7, 11) is 0. The number of nitro groups is 1. The third kappa shape index (κ3) is 5.02. The van der Waals surface area contributed by atoms with E-state index in [1.807, 2.05) is 29.2 Å². The number of carbonyl (C=O) groups is 2. The molecular weight excluding hydrogens is 398 g/mol. The van der Waals surface area contributed by atoms with E-state index in [0.717, 1.165) is 0 Å². The molecule has 164 valence electrons. The summed E-state index contributed by atoms with van der Waals surface area (Å²) >= 11 is 0. The third-order valence-electron chi connectivity index (χ3n) is 5.42. The van der Waals surface area contributed by atoms with E-state index in [2.05, 4.69) is 13.8 Å². The minimum Gasteiger partial charge on any atom is -0.462 e. The normalized spacial score (nSPS) is 13.9. The average Bonchev–Trinajstić information content (AvgIpc) is 2.78. The van der Waals surface area contributed by atoms with E-state index in [4.69, 9.17) is 4.74 Å². The molecular formula is C23H27N3O5. The Kier molecular flexibility index (Phi) is 6.89. The molecule has 0 atom stereocenters. The summed E-state index contributed by atoms with van der Waals surface area (Å²) < 4.78 is 4.93. The highest BCUT2D eigenvalue weighted by Crippen LogP contribution is 2.30. The Balaban J connectivity index is 1.70. The van der Waals surface area contributed by atoms with Gasteiger partial charge in [0.05, 0.1) is 17.1 Å². The van der Waals surface area contributed by atoms with Crippen LogP contribution in [0.4, 0.5) is 11.4 Å². The molecule has 0 bridgehead atoms. The molecule has 8 heteroatoms. The Morgan fingerprint density at radius 1 is 1.03 bits per heavy atom. The lowest BCUT2D eigenvalue weighted by Gasteiger charge is -2.36. The highest BCUT2D eigenvalue weighted by Gasteiger charge is 2.27. The van der Waals surface area contributed by atoms with Gasteiger partial charge in [0.1, 0.15) is 5.69 Å². The van der Waals surface area contributed by atoms with Crippen molar-refractivity contribution in [1.82, 2.24) is 4.90 Å². The van der Waals surface area contributed by atoms with Gasteiger partial charge in [-0.1, -0.05) is 26.0 Å². The van der Waals surface area contributed by atoms with Gasteiger partial charge in [-0.2, -0.15) is 0 Å². The molecule has 1 amide bonds. The van der Waals surface area contributed by atoms with Crippen molar-refractivity contribution in [3.05, 3.63) is 69.3 Å². The van der Waals surface area contributed by atoms with E-state index in [1.54, 1.807) is 17.9 Å². The van der Waals surface area contributed by atoms with Gasteiger partial charge in [0.25, 0.3) is 11.6 Å². The van der Waals surface area contributed by atoms with Gasteiger partial charge in [-0.3, -0.25) is 14.9 Å². The molecule has 3 rings (SSSR count). The summed E-state index contributed by atoms with van der Waals surface area (Å²) in [5, 5.41) is 11.6. The first kappa shape index (κ1) is 22.3. The predicted octanol–water partition coefficient (Wildman–Crippen LogP) is 3.86. The van der Waals surface area contributed by atoms with E-state index in [9.17, 15) is 19.7 Å². The topological polar surface area (TPSA) is 93.0 Å². The highest BCUT2D eigenvalue weighted by molar-refractivity contribution is 5.94. The zero-order chi connectivity index (χ0) is 22.5. The Labute approximate surface area is 181 Å². The van der Waals surface area contributed by atoms with Crippen LogP contribution >= 0.6 is 0 Å². The van der Waals surface area contributed by atoms with Gasteiger partial charge in [0, 0.05) is 37.8 Å². The number of carbonyl (C=O) groups excluding carboxylic acids is 2. The van der Waals surface area contributed by atoms with Crippen molar-refractivity contribution in [2.24, 2.45) is 0 Å². The lowest BCUT2D eigenvalue weighted by Crippen LogP contribution is -2.49. The zero-order valence-electron chi connectivity index (χ0n) is 18.0. The van der Waals surface area contributed by atoms with E-state index in [1.165, 1.54) is 17.7 Å². The van der Waals surface area contributed by atoms with Crippen molar-refractivity contribution >= 4 is 23.3 Å². The van der Waals surface area contributed by atoms with Gasteiger partial charge in [0.15, 0.2) is 0 Å². The number of benzene rings is 2. The van der Waals surface area contributed by atoms with Crippen LogP contribution in [0.1, 0.15) is 53.0 Å². The number of amides is 1. The first-order valence-electron chi connectivity index (χ1n) is 10.4. The van der Waals surface area contributed by atoms with E-state index in [0.29, 0.717) is 43.3 Å². The van der Waals surface area contributed by atoms with Gasteiger partial charge < -0.3 is 14.5 Å². The van der Waals surface area contributed by atoms with Crippen LogP contribution in [0.15, 0.2) is 42.5 Å². The Morgan fingerprint density at radius 2 is 1.65 bits per heavy atom. The van der Waals surface area contributed by atoms with Gasteiger partial charge in [-0.25, -0.2) is 4.79 Å². The molecule has 1 heterocycles. The Morgan fingerprint density at radius 3 is 2.19 bits per heavy atom. The number of rotatable bonds is 6. The van der Waals surface area contributed by atoms with Crippen molar-refractivity contribution < 1.29 is 19.2 Å². The summed E-state index contributed by atoms with van der Waals surface area (Å²) in [6, 6.07) is 12.0. The fraction of sp³-hybridized carbons (Fsp3) is 0.391.